The number of anilines is 1. The summed E-state index contributed by atoms with van der Waals surface area (Å²) in [5, 5.41) is 6.65. The van der Waals surface area contributed by atoms with E-state index in [1.165, 1.54) is 18.0 Å². The fourth-order valence-electron chi connectivity index (χ4n) is 1.63. The average Bonchev–Trinajstić information content (AvgIpc) is 3.08. The van der Waals surface area contributed by atoms with Crippen molar-refractivity contribution in [3.05, 3.63) is 36.5 Å². The second-order valence-corrected chi connectivity index (χ2v) is 4.13. The van der Waals surface area contributed by atoms with Crippen LogP contribution in [0.4, 0.5) is 5.69 Å². The van der Waals surface area contributed by atoms with Crippen molar-refractivity contribution < 1.29 is 18.7 Å². The lowest BCUT2D eigenvalue weighted by molar-refractivity contribution is -0.141. The van der Waals surface area contributed by atoms with E-state index in [1.807, 2.05) is 6.07 Å². The molecule has 1 amide bonds. The van der Waals surface area contributed by atoms with Crippen LogP contribution in [-0.2, 0) is 27.3 Å². The molecule has 0 saturated carbocycles. The third-order valence-corrected chi connectivity index (χ3v) is 2.61. The highest BCUT2D eigenvalue weighted by Gasteiger charge is 2.08. The number of hydrogen-bond donors (Lipinski definition) is 1. The van der Waals surface area contributed by atoms with Crippen molar-refractivity contribution in [1.82, 2.24) is 9.78 Å². The number of hydrogen-bond acceptors (Lipinski definition) is 5. The molecule has 0 aliphatic rings. The predicted octanol–water partition coefficient (Wildman–Crippen LogP) is 1.22. The number of methoxy groups -OCH3 is 1. The molecule has 0 atom stereocenters. The first-order valence-electron chi connectivity index (χ1n) is 6.09. The van der Waals surface area contributed by atoms with E-state index in [4.69, 9.17) is 4.42 Å². The smallest absolute Gasteiger partial charge is 0.327 e. The molecule has 2 aromatic rings. The molecule has 0 aliphatic heterocycles. The van der Waals surface area contributed by atoms with E-state index in [0.29, 0.717) is 18.5 Å². The molecule has 7 nitrogen and oxygen atoms in total. The minimum Gasteiger partial charge on any atom is -0.469 e. The number of amides is 1. The van der Waals surface area contributed by atoms with Crippen molar-refractivity contribution in [3.8, 4) is 0 Å². The molecule has 0 spiro atoms. The van der Waals surface area contributed by atoms with Gasteiger partial charge >= 0.3 is 5.97 Å². The monoisotopic (exact) mass is 277 g/mol. The SMILES string of the molecule is COC(=O)Cn1cc(NC(=O)CCc2ccco2)cn1. The van der Waals surface area contributed by atoms with Crippen molar-refractivity contribution in [3.63, 3.8) is 0 Å². The van der Waals surface area contributed by atoms with Crippen molar-refractivity contribution in [2.75, 3.05) is 12.4 Å². The molecule has 2 aromatic heterocycles. The molecule has 0 aromatic carbocycles. The predicted molar refractivity (Wildman–Crippen MR) is 69.9 cm³/mol. The summed E-state index contributed by atoms with van der Waals surface area (Å²) in [6.45, 7) is 0.0127. The molecular weight excluding hydrogens is 262 g/mol. The van der Waals surface area contributed by atoms with Crippen molar-refractivity contribution in [1.29, 1.82) is 0 Å². The molecule has 0 unspecified atom stereocenters. The fourth-order valence-corrected chi connectivity index (χ4v) is 1.63. The van der Waals surface area contributed by atoms with Gasteiger partial charge in [-0.15, -0.1) is 0 Å². The average molecular weight is 277 g/mol. The van der Waals surface area contributed by atoms with E-state index in [0.717, 1.165) is 5.76 Å². The number of carbonyl (C=O) groups excluding carboxylic acids is 2. The van der Waals surface area contributed by atoms with E-state index < -0.39 is 5.97 Å². The van der Waals surface area contributed by atoms with Gasteiger partial charge in [0.05, 0.1) is 25.3 Å². The van der Waals surface area contributed by atoms with Crippen LogP contribution in [0.3, 0.4) is 0 Å². The first-order chi connectivity index (χ1) is 9.67. The normalized spacial score (nSPS) is 10.2. The van der Waals surface area contributed by atoms with Crippen LogP contribution in [0.2, 0.25) is 0 Å². The molecule has 7 heteroatoms. The molecule has 0 aliphatic carbocycles. The topological polar surface area (TPSA) is 86.4 Å². The third kappa shape index (κ3) is 3.98. The van der Waals surface area contributed by atoms with Gasteiger partial charge in [0.15, 0.2) is 0 Å². The summed E-state index contributed by atoms with van der Waals surface area (Å²) in [5.74, 6) is 0.226. The van der Waals surface area contributed by atoms with Crippen molar-refractivity contribution in [2.24, 2.45) is 0 Å². The van der Waals surface area contributed by atoms with Gasteiger partial charge in [0.25, 0.3) is 0 Å². The Morgan fingerprint density at radius 1 is 1.50 bits per heavy atom. The Morgan fingerprint density at radius 2 is 2.35 bits per heavy atom. The maximum absolute atomic E-state index is 11.7. The Morgan fingerprint density at radius 3 is 3.05 bits per heavy atom. The first kappa shape index (κ1) is 13.9. The highest BCUT2D eigenvalue weighted by molar-refractivity contribution is 5.90. The zero-order valence-electron chi connectivity index (χ0n) is 11.0. The summed E-state index contributed by atoms with van der Waals surface area (Å²) in [5.41, 5.74) is 0.540. The number of rotatable bonds is 6. The molecule has 2 rings (SSSR count). The Labute approximate surface area is 115 Å². The summed E-state index contributed by atoms with van der Waals surface area (Å²) in [7, 11) is 1.31. The van der Waals surface area contributed by atoms with Crippen LogP contribution >= 0.6 is 0 Å². The zero-order valence-corrected chi connectivity index (χ0v) is 11.0. The summed E-state index contributed by atoms with van der Waals surface area (Å²) in [4.78, 5) is 22.8. The lowest BCUT2D eigenvalue weighted by Crippen LogP contribution is -2.13. The van der Waals surface area contributed by atoms with E-state index in [1.54, 1.807) is 18.5 Å². The lowest BCUT2D eigenvalue weighted by Gasteiger charge is -2.01. The van der Waals surface area contributed by atoms with Crippen LogP contribution in [-0.4, -0.2) is 28.8 Å². The number of furan rings is 1. The van der Waals surface area contributed by atoms with E-state index in [-0.39, 0.29) is 12.5 Å². The van der Waals surface area contributed by atoms with Gasteiger partial charge in [-0.3, -0.25) is 14.3 Å². The first-order valence-corrected chi connectivity index (χ1v) is 6.09. The highest BCUT2D eigenvalue weighted by Crippen LogP contribution is 2.08. The fraction of sp³-hybridized carbons (Fsp3) is 0.308. The van der Waals surface area contributed by atoms with Crippen LogP contribution in [0.5, 0.6) is 0 Å². The van der Waals surface area contributed by atoms with Gasteiger partial charge in [0.2, 0.25) is 5.91 Å². The highest BCUT2D eigenvalue weighted by atomic mass is 16.5. The Kier molecular flexibility index (Phi) is 4.54. The number of esters is 1. The van der Waals surface area contributed by atoms with Crippen LogP contribution in [0.15, 0.2) is 35.2 Å². The molecule has 0 bridgehead atoms. The Bertz CT molecular complexity index is 574. The molecular formula is C13H15N3O4. The minimum atomic E-state index is -0.399. The van der Waals surface area contributed by atoms with E-state index >= 15 is 0 Å². The van der Waals surface area contributed by atoms with Gasteiger partial charge in [-0.05, 0) is 12.1 Å². The van der Waals surface area contributed by atoms with Crippen molar-refractivity contribution >= 4 is 17.6 Å². The second-order valence-electron chi connectivity index (χ2n) is 4.13. The van der Waals surface area contributed by atoms with Gasteiger partial charge in [0.1, 0.15) is 12.3 Å². The van der Waals surface area contributed by atoms with E-state index in [9.17, 15) is 9.59 Å². The number of aromatic nitrogens is 2. The molecule has 1 N–H and O–H groups in total. The number of nitrogens with one attached hydrogen (secondary N) is 1. The molecule has 0 radical (unpaired) electrons. The van der Waals surface area contributed by atoms with E-state index in [2.05, 4.69) is 15.2 Å². The van der Waals surface area contributed by atoms with Crippen LogP contribution in [0.25, 0.3) is 0 Å². The maximum atomic E-state index is 11.7. The van der Waals surface area contributed by atoms with Gasteiger partial charge in [-0.1, -0.05) is 0 Å². The number of nitrogens with zero attached hydrogens (tertiary/aromatic N) is 2. The molecule has 106 valence electrons. The zero-order chi connectivity index (χ0) is 14.4. The number of carbonyl (C=O) groups is 2. The molecule has 2 heterocycles. The summed E-state index contributed by atoms with van der Waals surface area (Å²) in [6.07, 6.45) is 5.48. The van der Waals surface area contributed by atoms with Gasteiger partial charge in [0, 0.05) is 19.0 Å². The quantitative estimate of drug-likeness (QED) is 0.802. The largest absolute Gasteiger partial charge is 0.469 e. The summed E-state index contributed by atoms with van der Waals surface area (Å²) < 4.78 is 11.1. The standard InChI is InChI=1S/C13H15N3O4/c1-19-13(18)9-16-8-10(7-14-16)15-12(17)5-4-11-3-2-6-20-11/h2-3,6-8H,4-5,9H2,1H3,(H,15,17). The number of aryl methyl sites for hydroxylation is 1. The molecule has 0 saturated heterocycles. The van der Waals surface area contributed by atoms with Crippen LogP contribution in [0, 0.1) is 0 Å². The maximum Gasteiger partial charge on any atom is 0.327 e. The molecule has 0 fully saturated rings. The Balaban J connectivity index is 1.80. The Hall–Kier alpha value is -2.57. The van der Waals surface area contributed by atoms with Gasteiger partial charge in [-0.2, -0.15) is 5.10 Å². The van der Waals surface area contributed by atoms with Crippen LogP contribution < -0.4 is 5.32 Å². The summed E-state index contributed by atoms with van der Waals surface area (Å²) >= 11 is 0. The molecule has 20 heavy (non-hydrogen) atoms. The second kappa shape index (κ2) is 6.55. The number of ether oxygens (including phenoxy) is 1. The van der Waals surface area contributed by atoms with Gasteiger partial charge < -0.3 is 14.5 Å². The summed E-state index contributed by atoms with van der Waals surface area (Å²) in [6, 6.07) is 3.60. The van der Waals surface area contributed by atoms with Gasteiger partial charge in [-0.25, -0.2) is 0 Å². The minimum absolute atomic E-state index is 0.0127. The van der Waals surface area contributed by atoms with Crippen molar-refractivity contribution in [2.45, 2.75) is 19.4 Å². The lowest BCUT2D eigenvalue weighted by atomic mass is 10.2. The third-order valence-electron chi connectivity index (χ3n) is 2.61. The van der Waals surface area contributed by atoms with Crippen LogP contribution in [0.1, 0.15) is 12.2 Å².